The number of rotatable bonds is 8. The number of hydrogen-bond donors (Lipinski definition) is 2. The number of fused-ring (bicyclic) bond motifs is 1. The summed E-state index contributed by atoms with van der Waals surface area (Å²) in [6, 6.07) is 22.4. The molecule has 40 heavy (non-hydrogen) atoms. The van der Waals surface area contributed by atoms with E-state index in [2.05, 4.69) is 13.0 Å². The molecule has 0 fully saturated rings. The molecule has 1 aromatic heterocycles. The fraction of sp³-hybridized carbons (Fsp3) is 0.188. The lowest BCUT2D eigenvalue weighted by Crippen LogP contribution is -2.17. The Morgan fingerprint density at radius 1 is 0.850 bits per heavy atom. The van der Waals surface area contributed by atoms with Crippen molar-refractivity contribution in [2.24, 2.45) is 5.73 Å². The maximum atomic E-state index is 12.4. The van der Waals surface area contributed by atoms with Gasteiger partial charge in [-0.15, -0.1) is 0 Å². The number of primary amides is 1. The van der Waals surface area contributed by atoms with Crippen molar-refractivity contribution >= 4 is 34.2 Å². The van der Waals surface area contributed by atoms with E-state index < -0.39 is 5.91 Å². The molecule has 2 heterocycles. The van der Waals surface area contributed by atoms with E-state index in [9.17, 15) is 9.90 Å². The second-order valence-corrected chi connectivity index (χ2v) is 9.52. The van der Waals surface area contributed by atoms with Gasteiger partial charge in [0.05, 0.1) is 17.6 Å². The zero-order chi connectivity index (χ0) is 28.2. The highest BCUT2D eigenvalue weighted by Crippen LogP contribution is 2.37. The van der Waals surface area contributed by atoms with Crippen LogP contribution in [0.2, 0.25) is 0 Å². The number of hydrogen-bond acceptors (Lipinski definition) is 7. The van der Waals surface area contributed by atoms with E-state index in [0.29, 0.717) is 30.3 Å². The Hall–Kier alpha value is -4.98. The van der Waals surface area contributed by atoms with Crippen LogP contribution in [0, 0.1) is 0 Å². The predicted octanol–water partition coefficient (Wildman–Crippen LogP) is 6.03. The van der Waals surface area contributed by atoms with Crippen molar-refractivity contribution in [1.82, 2.24) is 4.98 Å². The van der Waals surface area contributed by atoms with Crippen LogP contribution >= 0.6 is 0 Å². The first-order chi connectivity index (χ1) is 19.3. The molecule has 0 spiro atoms. The SMILES string of the molecule is CC/C=C(\c1cc(C(N)=O)cc(N(C)c2ccc3c(c2)OCCO3)c1)c1ccc(N(C)c2ccc(O)cc2)cn1. The van der Waals surface area contributed by atoms with Crippen LogP contribution in [0.25, 0.3) is 5.57 Å². The van der Waals surface area contributed by atoms with Gasteiger partial charge in [-0.25, -0.2) is 0 Å². The number of anilines is 4. The molecule has 0 unspecified atom stereocenters. The Balaban J connectivity index is 1.49. The number of phenolic OH excluding ortho intramolecular Hbond substituents is 1. The molecule has 0 radical (unpaired) electrons. The van der Waals surface area contributed by atoms with E-state index in [1.165, 1.54) is 0 Å². The minimum Gasteiger partial charge on any atom is -0.508 e. The van der Waals surface area contributed by atoms with Crippen molar-refractivity contribution in [2.75, 3.05) is 37.1 Å². The molecule has 0 saturated carbocycles. The summed E-state index contributed by atoms with van der Waals surface area (Å²) in [4.78, 5) is 21.1. The largest absolute Gasteiger partial charge is 0.508 e. The molecule has 8 heteroatoms. The molecule has 3 aromatic carbocycles. The van der Waals surface area contributed by atoms with Gasteiger partial charge in [-0.05, 0) is 78.7 Å². The lowest BCUT2D eigenvalue weighted by Gasteiger charge is -2.24. The summed E-state index contributed by atoms with van der Waals surface area (Å²) in [7, 11) is 3.88. The van der Waals surface area contributed by atoms with E-state index >= 15 is 0 Å². The van der Waals surface area contributed by atoms with Crippen LogP contribution < -0.4 is 25.0 Å². The van der Waals surface area contributed by atoms with Crippen molar-refractivity contribution < 1.29 is 19.4 Å². The average Bonchev–Trinajstić information content (AvgIpc) is 2.99. The Kier molecular flexibility index (Phi) is 7.59. The first-order valence-electron chi connectivity index (χ1n) is 13.1. The molecule has 1 amide bonds. The topological polar surface area (TPSA) is 101 Å². The van der Waals surface area contributed by atoms with Crippen molar-refractivity contribution in [3.8, 4) is 17.2 Å². The smallest absolute Gasteiger partial charge is 0.248 e. The quantitative estimate of drug-likeness (QED) is 0.283. The van der Waals surface area contributed by atoms with Crippen LogP contribution in [0.4, 0.5) is 22.7 Å². The summed E-state index contributed by atoms with van der Waals surface area (Å²) in [6.07, 6.45) is 4.69. The summed E-state index contributed by atoms with van der Waals surface area (Å²) >= 11 is 0. The number of benzene rings is 3. The Labute approximate surface area is 233 Å². The first-order valence-corrected chi connectivity index (χ1v) is 13.1. The number of aromatic nitrogens is 1. The van der Waals surface area contributed by atoms with Crippen LogP contribution in [0.1, 0.15) is 35.0 Å². The second kappa shape index (κ2) is 11.4. The molecule has 4 aromatic rings. The third-order valence-corrected chi connectivity index (χ3v) is 6.87. The number of carbonyl (C=O) groups excluding carboxylic acids is 1. The molecule has 0 bridgehead atoms. The normalized spacial score (nSPS) is 12.6. The Bertz CT molecular complexity index is 1550. The van der Waals surface area contributed by atoms with Crippen molar-refractivity contribution in [2.45, 2.75) is 13.3 Å². The van der Waals surface area contributed by atoms with Crippen LogP contribution in [-0.4, -0.2) is 43.3 Å². The number of allylic oxidation sites excluding steroid dienone is 1. The van der Waals surface area contributed by atoms with E-state index in [-0.39, 0.29) is 5.75 Å². The summed E-state index contributed by atoms with van der Waals surface area (Å²) < 4.78 is 11.4. The molecule has 3 N–H and O–H groups in total. The second-order valence-electron chi connectivity index (χ2n) is 9.52. The monoisotopic (exact) mass is 536 g/mol. The van der Waals surface area contributed by atoms with E-state index in [1.54, 1.807) is 18.2 Å². The molecule has 5 rings (SSSR count). The van der Waals surface area contributed by atoms with Gasteiger partial charge in [0.15, 0.2) is 11.5 Å². The Morgan fingerprint density at radius 3 is 2.17 bits per heavy atom. The fourth-order valence-corrected chi connectivity index (χ4v) is 4.64. The van der Waals surface area contributed by atoms with E-state index in [1.807, 2.05) is 84.7 Å². The zero-order valence-corrected chi connectivity index (χ0v) is 22.8. The predicted molar refractivity (Wildman–Crippen MR) is 158 cm³/mol. The molecular weight excluding hydrogens is 504 g/mol. The third kappa shape index (κ3) is 5.56. The van der Waals surface area contributed by atoms with Crippen LogP contribution in [-0.2, 0) is 0 Å². The summed E-state index contributed by atoms with van der Waals surface area (Å²) in [5.74, 6) is 1.12. The van der Waals surface area contributed by atoms with Gasteiger partial charge >= 0.3 is 0 Å². The van der Waals surface area contributed by atoms with Gasteiger partial charge in [-0.1, -0.05) is 13.0 Å². The third-order valence-electron chi connectivity index (χ3n) is 6.87. The Morgan fingerprint density at radius 2 is 1.50 bits per heavy atom. The molecule has 1 aliphatic rings. The number of nitrogens with zero attached hydrogens (tertiary/aromatic N) is 3. The molecule has 8 nitrogen and oxygen atoms in total. The standard InChI is InChI=1S/C32H32N4O4/c1-4-5-28(29-12-8-25(20-34-29)35(2)23-6-10-27(37)11-7-23)21-16-22(32(33)38)18-26(17-21)36(3)24-9-13-30-31(19-24)40-15-14-39-30/h5-13,16-20,37H,4,14-15H2,1-3H3,(H2,33,38)/b28-5+. The molecular formula is C32H32N4O4. The number of phenols is 1. The lowest BCUT2D eigenvalue weighted by molar-refractivity contribution is 0.1000. The number of nitrogens with two attached hydrogens (primary N) is 1. The molecule has 0 atom stereocenters. The van der Waals surface area contributed by atoms with E-state index in [0.717, 1.165) is 46.0 Å². The van der Waals surface area contributed by atoms with Gasteiger partial charge in [0, 0.05) is 48.4 Å². The van der Waals surface area contributed by atoms with Gasteiger partial charge in [-0.2, -0.15) is 0 Å². The highest BCUT2D eigenvalue weighted by Gasteiger charge is 2.17. The summed E-state index contributed by atoms with van der Waals surface area (Å²) in [5, 5.41) is 9.61. The molecule has 0 saturated heterocycles. The molecule has 204 valence electrons. The first kappa shape index (κ1) is 26.6. The van der Waals surface area contributed by atoms with Gasteiger partial charge in [0.25, 0.3) is 0 Å². The van der Waals surface area contributed by atoms with E-state index in [4.69, 9.17) is 20.2 Å². The number of amides is 1. The van der Waals surface area contributed by atoms with Crippen LogP contribution in [0.5, 0.6) is 17.2 Å². The lowest BCUT2D eigenvalue weighted by atomic mass is 9.97. The maximum Gasteiger partial charge on any atom is 0.248 e. The van der Waals surface area contributed by atoms with Gasteiger partial charge < -0.3 is 30.1 Å². The highest BCUT2D eigenvalue weighted by atomic mass is 16.6. The number of aromatic hydroxyl groups is 1. The summed E-state index contributed by atoms with van der Waals surface area (Å²) in [5.41, 5.74) is 12.2. The fourth-order valence-electron chi connectivity index (χ4n) is 4.64. The molecule has 0 aliphatic carbocycles. The number of ether oxygens (including phenoxy) is 2. The highest BCUT2D eigenvalue weighted by molar-refractivity contribution is 5.96. The minimum absolute atomic E-state index is 0.220. The minimum atomic E-state index is -0.506. The van der Waals surface area contributed by atoms with Crippen molar-refractivity contribution in [3.05, 3.63) is 102 Å². The van der Waals surface area contributed by atoms with Gasteiger partial charge in [0.2, 0.25) is 5.91 Å². The van der Waals surface area contributed by atoms with Crippen LogP contribution in [0.3, 0.4) is 0 Å². The maximum absolute atomic E-state index is 12.4. The summed E-state index contributed by atoms with van der Waals surface area (Å²) in [6.45, 7) is 3.09. The number of pyridine rings is 1. The van der Waals surface area contributed by atoms with Gasteiger partial charge in [0.1, 0.15) is 19.0 Å². The average molecular weight is 537 g/mol. The van der Waals surface area contributed by atoms with Crippen molar-refractivity contribution in [1.29, 1.82) is 0 Å². The van der Waals surface area contributed by atoms with Crippen LogP contribution in [0.15, 0.2) is 85.1 Å². The van der Waals surface area contributed by atoms with Crippen molar-refractivity contribution in [3.63, 3.8) is 0 Å². The van der Waals surface area contributed by atoms with Gasteiger partial charge in [-0.3, -0.25) is 9.78 Å². The number of carbonyl (C=O) groups is 1. The zero-order valence-electron chi connectivity index (χ0n) is 22.8. The molecule has 1 aliphatic heterocycles.